The van der Waals surface area contributed by atoms with E-state index in [9.17, 15) is 22.0 Å². The predicted octanol–water partition coefficient (Wildman–Crippen LogP) is 1.87. The third kappa shape index (κ3) is 2.60. The lowest BCUT2D eigenvalue weighted by Gasteiger charge is -2.15. The van der Waals surface area contributed by atoms with Crippen LogP contribution in [0.2, 0.25) is 0 Å². The van der Waals surface area contributed by atoms with Gasteiger partial charge < -0.3 is 5.11 Å². The van der Waals surface area contributed by atoms with Gasteiger partial charge in [-0.25, -0.2) is 17.2 Å². The van der Waals surface area contributed by atoms with Crippen LogP contribution >= 0.6 is 0 Å². The SMILES string of the molecule is CS(=O)(=O)c1cc(F)c(F)c(C2(CC(=O)O)CC2)c1. The lowest BCUT2D eigenvalue weighted by atomic mass is 9.92. The Bertz CT molecular complexity index is 648. The Hall–Kier alpha value is -1.50. The van der Waals surface area contributed by atoms with E-state index in [0.717, 1.165) is 12.3 Å². The molecule has 104 valence electrons. The van der Waals surface area contributed by atoms with Crippen LogP contribution in [0, 0.1) is 11.6 Å². The third-order valence-electron chi connectivity index (χ3n) is 3.34. The van der Waals surface area contributed by atoms with Crippen LogP contribution in [-0.2, 0) is 20.0 Å². The highest BCUT2D eigenvalue weighted by atomic mass is 32.2. The van der Waals surface area contributed by atoms with Crippen LogP contribution in [-0.4, -0.2) is 25.7 Å². The molecule has 1 N–H and O–H groups in total. The van der Waals surface area contributed by atoms with Crippen molar-refractivity contribution >= 4 is 15.8 Å². The molecule has 0 bridgehead atoms. The number of carboxylic acid groups (broad SMARTS) is 1. The van der Waals surface area contributed by atoms with Gasteiger partial charge in [-0.15, -0.1) is 0 Å². The molecule has 1 aromatic rings. The molecule has 0 heterocycles. The first kappa shape index (κ1) is 13.9. The Morgan fingerprint density at radius 1 is 1.37 bits per heavy atom. The molecule has 7 heteroatoms. The first-order valence-electron chi connectivity index (χ1n) is 5.57. The summed E-state index contributed by atoms with van der Waals surface area (Å²) in [5.74, 6) is -3.55. The van der Waals surface area contributed by atoms with Crippen LogP contribution < -0.4 is 0 Å². The molecule has 0 atom stereocenters. The molecule has 0 amide bonds. The summed E-state index contributed by atoms with van der Waals surface area (Å²) in [7, 11) is -3.68. The van der Waals surface area contributed by atoms with E-state index < -0.39 is 32.9 Å². The quantitative estimate of drug-likeness (QED) is 0.859. The van der Waals surface area contributed by atoms with Gasteiger partial charge in [-0.1, -0.05) is 0 Å². The van der Waals surface area contributed by atoms with Crippen molar-refractivity contribution in [3.05, 3.63) is 29.3 Å². The summed E-state index contributed by atoms with van der Waals surface area (Å²) in [6, 6.07) is 1.66. The zero-order chi connectivity index (χ0) is 14.4. The third-order valence-corrected chi connectivity index (χ3v) is 4.44. The molecule has 1 fully saturated rings. The molecule has 0 aromatic heterocycles. The minimum atomic E-state index is -3.68. The molecular formula is C12H12F2O4S. The normalized spacial score (nSPS) is 17.2. The van der Waals surface area contributed by atoms with Gasteiger partial charge in [-0.05, 0) is 30.5 Å². The zero-order valence-electron chi connectivity index (χ0n) is 10.1. The van der Waals surface area contributed by atoms with Crippen molar-refractivity contribution in [3.63, 3.8) is 0 Å². The molecule has 0 spiro atoms. The van der Waals surface area contributed by atoms with Gasteiger partial charge in [-0.2, -0.15) is 0 Å². The highest BCUT2D eigenvalue weighted by molar-refractivity contribution is 7.90. The van der Waals surface area contributed by atoms with E-state index in [1.165, 1.54) is 0 Å². The largest absolute Gasteiger partial charge is 0.481 e. The van der Waals surface area contributed by atoms with E-state index in [0.29, 0.717) is 18.9 Å². The van der Waals surface area contributed by atoms with E-state index in [2.05, 4.69) is 0 Å². The summed E-state index contributed by atoms with van der Waals surface area (Å²) >= 11 is 0. The van der Waals surface area contributed by atoms with E-state index in [1.807, 2.05) is 0 Å². The first-order chi connectivity index (χ1) is 8.66. The fraction of sp³-hybridized carbons (Fsp3) is 0.417. The summed E-state index contributed by atoms with van der Waals surface area (Å²) in [5, 5.41) is 8.81. The van der Waals surface area contributed by atoms with Crippen LogP contribution in [0.1, 0.15) is 24.8 Å². The van der Waals surface area contributed by atoms with E-state index in [1.54, 1.807) is 0 Å². The number of benzene rings is 1. The molecule has 0 saturated heterocycles. The van der Waals surface area contributed by atoms with Gasteiger partial charge in [-0.3, -0.25) is 4.79 Å². The Labute approximate surface area is 109 Å². The predicted molar refractivity (Wildman–Crippen MR) is 62.6 cm³/mol. The number of carbonyl (C=O) groups is 1. The van der Waals surface area contributed by atoms with E-state index in [-0.39, 0.29) is 16.9 Å². The maximum absolute atomic E-state index is 13.8. The van der Waals surface area contributed by atoms with Crippen LogP contribution in [0.25, 0.3) is 0 Å². The number of aliphatic carboxylic acids is 1. The van der Waals surface area contributed by atoms with Crippen molar-refractivity contribution in [2.75, 3.05) is 6.26 Å². The van der Waals surface area contributed by atoms with Crippen molar-refractivity contribution < 1.29 is 27.1 Å². The number of rotatable bonds is 4. The summed E-state index contributed by atoms with van der Waals surface area (Å²) in [5.41, 5.74) is -1.13. The van der Waals surface area contributed by atoms with Gasteiger partial charge in [0.2, 0.25) is 0 Å². The van der Waals surface area contributed by atoms with Gasteiger partial charge in [0.15, 0.2) is 21.5 Å². The topological polar surface area (TPSA) is 71.4 Å². The minimum Gasteiger partial charge on any atom is -0.481 e. The van der Waals surface area contributed by atoms with E-state index in [4.69, 9.17) is 5.11 Å². The lowest BCUT2D eigenvalue weighted by Crippen LogP contribution is -2.16. The number of hydrogen-bond donors (Lipinski definition) is 1. The summed E-state index contributed by atoms with van der Waals surface area (Å²) in [6.07, 6.45) is 1.36. The van der Waals surface area contributed by atoms with E-state index >= 15 is 0 Å². The standard InChI is InChI=1S/C12H12F2O4S/c1-19(17,18)7-4-8(11(14)9(13)5-7)12(2-3-12)6-10(15)16/h4-5H,2-3,6H2,1H3,(H,15,16). The maximum atomic E-state index is 13.8. The van der Waals surface area contributed by atoms with Crippen molar-refractivity contribution in [1.29, 1.82) is 0 Å². The molecule has 0 radical (unpaired) electrons. The first-order valence-corrected chi connectivity index (χ1v) is 7.46. The van der Waals surface area contributed by atoms with Crippen LogP contribution in [0.3, 0.4) is 0 Å². The van der Waals surface area contributed by atoms with Crippen LogP contribution in [0.4, 0.5) is 8.78 Å². The maximum Gasteiger partial charge on any atom is 0.304 e. The molecule has 4 nitrogen and oxygen atoms in total. The Morgan fingerprint density at radius 3 is 2.37 bits per heavy atom. The van der Waals surface area contributed by atoms with Gasteiger partial charge >= 0.3 is 5.97 Å². The highest BCUT2D eigenvalue weighted by Crippen LogP contribution is 2.52. The van der Waals surface area contributed by atoms with Crippen molar-refractivity contribution in [2.24, 2.45) is 0 Å². The average Bonchev–Trinajstić information content (AvgIpc) is 3.00. The van der Waals surface area contributed by atoms with Gasteiger partial charge in [0, 0.05) is 11.7 Å². The number of sulfone groups is 1. The second-order valence-corrected chi connectivity index (χ2v) is 6.91. The second kappa shape index (κ2) is 4.26. The fourth-order valence-corrected chi connectivity index (χ4v) is 2.80. The summed E-state index contributed by atoms with van der Waals surface area (Å²) in [6.45, 7) is 0. The molecular weight excluding hydrogens is 278 g/mol. The van der Waals surface area contributed by atoms with Crippen molar-refractivity contribution in [2.45, 2.75) is 29.6 Å². The monoisotopic (exact) mass is 290 g/mol. The van der Waals surface area contributed by atoms with Gasteiger partial charge in [0.05, 0.1) is 11.3 Å². The van der Waals surface area contributed by atoms with Gasteiger partial charge in [0.1, 0.15) is 0 Å². The van der Waals surface area contributed by atoms with Crippen LogP contribution in [0.5, 0.6) is 0 Å². The number of carboxylic acids is 1. The number of halogens is 2. The number of hydrogen-bond acceptors (Lipinski definition) is 3. The lowest BCUT2D eigenvalue weighted by molar-refractivity contribution is -0.137. The molecule has 1 aromatic carbocycles. The molecule has 0 unspecified atom stereocenters. The Balaban J connectivity index is 2.58. The van der Waals surface area contributed by atoms with Crippen molar-refractivity contribution in [3.8, 4) is 0 Å². The van der Waals surface area contributed by atoms with Crippen molar-refractivity contribution in [1.82, 2.24) is 0 Å². The van der Waals surface area contributed by atoms with Gasteiger partial charge in [0.25, 0.3) is 0 Å². The average molecular weight is 290 g/mol. The molecule has 1 saturated carbocycles. The minimum absolute atomic E-state index is 0.157. The zero-order valence-corrected chi connectivity index (χ0v) is 10.9. The second-order valence-electron chi connectivity index (χ2n) is 4.89. The molecule has 2 rings (SSSR count). The smallest absolute Gasteiger partial charge is 0.304 e. The Morgan fingerprint density at radius 2 is 1.95 bits per heavy atom. The summed E-state index contributed by atoms with van der Waals surface area (Å²) < 4.78 is 50.1. The molecule has 19 heavy (non-hydrogen) atoms. The summed E-state index contributed by atoms with van der Waals surface area (Å²) in [4.78, 5) is 10.4. The Kier molecular flexibility index (Phi) is 3.12. The fourth-order valence-electron chi connectivity index (χ4n) is 2.15. The molecule has 1 aliphatic carbocycles. The van der Waals surface area contributed by atoms with Crippen LogP contribution in [0.15, 0.2) is 17.0 Å². The molecule has 0 aliphatic heterocycles. The molecule has 1 aliphatic rings. The highest BCUT2D eigenvalue weighted by Gasteiger charge is 2.48.